The van der Waals surface area contributed by atoms with E-state index < -0.39 is 18.4 Å². The van der Waals surface area contributed by atoms with Crippen LogP contribution in [-0.4, -0.2) is 32.7 Å². The topological polar surface area (TPSA) is 83.2 Å². The van der Waals surface area contributed by atoms with Crippen molar-refractivity contribution in [2.24, 2.45) is 0 Å². The number of halogens is 1. The van der Waals surface area contributed by atoms with Crippen molar-refractivity contribution in [1.29, 1.82) is 0 Å². The Morgan fingerprint density at radius 2 is 1.74 bits per heavy atom. The molecule has 0 amide bonds. The highest BCUT2D eigenvalue weighted by Gasteiger charge is 2.20. The number of nitrogens with zero attached hydrogens (tertiary/aromatic N) is 3. The van der Waals surface area contributed by atoms with E-state index in [9.17, 15) is 18.8 Å². The zero-order valence-corrected chi connectivity index (χ0v) is 18.7. The van der Waals surface area contributed by atoms with Crippen LogP contribution in [0.4, 0.5) is 4.39 Å². The minimum atomic E-state index is -0.811. The Labute approximate surface area is 195 Å². The number of hydrogen-bond acceptors (Lipinski definition) is 5. The largest absolute Gasteiger partial charge is 0.453 e. The first-order chi connectivity index (χ1) is 16.3. The van der Waals surface area contributed by atoms with E-state index in [0.717, 1.165) is 11.3 Å². The first-order valence-electron chi connectivity index (χ1n) is 10.6. The summed E-state index contributed by atoms with van der Waals surface area (Å²) in [4.78, 5) is 37.4. The molecule has 4 rings (SSSR count). The lowest BCUT2D eigenvalue weighted by Crippen LogP contribution is -2.26. The summed E-state index contributed by atoms with van der Waals surface area (Å²) in [6.45, 7) is 3.26. The van der Waals surface area contributed by atoms with Crippen LogP contribution in [0.5, 0.6) is 0 Å². The van der Waals surface area contributed by atoms with Crippen molar-refractivity contribution in [3.8, 4) is 5.69 Å². The Kier molecular flexibility index (Phi) is 6.49. The zero-order chi connectivity index (χ0) is 24.2. The van der Waals surface area contributed by atoms with E-state index in [2.05, 4.69) is 5.10 Å². The average molecular weight is 459 g/mol. The van der Waals surface area contributed by atoms with Gasteiger partial charge in [0.15, 0.2) is 12.3 Å². The standard InChI is InChI=1S/C26H22FN3O4/c1-17-13-22(18(2)30(17)21-10-6-9-20(27)14-21)24(31)16-34-26(33)23-11-12-25(32)29(28-23)15-19-7-4-3-5-8-19/h3-14H,15-16H2,1-2H3. The van der Waals surface area contributed by atoms with Crippen molar-refractivity contribution < 1.29 is 18.7 Å². The summed E-state index contributed by atoms with van der Waals surface area (Å²) in [5.41, 5.74) is 2.74. The maximum Gasteiger partial charge on any atom is 0.359 e. The van der Waals surface area contributed by atoms with Gasteiger partial charge in [-0.15, -0.1) is 0 Å². The second-order valence-electron chi connectivity index (χ2n) is 7.80. The Hall–Kier alpha value is -4.33. The summed E-state index contributed by atoms with van der Waals surface area (Å²) in [6, 6.07) is 19.5. The summed E-state index contributed by atoms with van der Waals surface area (Å²) in [5, 5.41) is 4.08. The smallest absolute Gasteiger partial charge is 0.359 e. The second-order valence-corrected chi connectivity index (χ2v) is 7.80. The quantitative estimate of drug-likeness (QED) is 0.309. The van der Waals surface area contributed by atoms with E-state index in [4.69, 9.17) is 4.74 Å². The minimum absolute atomic E-state index is 0.0754. The summed E-state index contributed by atoms with van der Waals surface area (Å²) in [7, 11) is 0. The first-order valence-corrected chi connectivity index (χ1v) is 10.6. The van der Waals surface area contributed by atoms with Gasteiger partial charge in [-0.2, -0.15) is 5.10 Å². The van der Waals surface area contributed by atoms with Crippen molar-refractivity contribution in [2.75, 3.05) is 6.61 Å². The number of aromatic nitrogens is 3. The fraction of sp³-hybridized carbons (Fsp3) is 0.154. The molecule has 0 unspecified atom stereocenters. The van der Waals surface area contributed by atoms with Gasteiger partial charge in [-0.05, 0) is 49.7 Å². The van der Waals surface area contributed by atoms with Gasteiger partial charge in [-0.25, -0.2) is 13.9 Å². The van der Waals surface area contributed by atoms with Crippen LogP contribution in [0.25, 0.3) is 5.69 Å². The van der Waals surface area contributed by atoms with Crippen molar-refractivity contribution >= 4 is 11.8 Å². The summed E-state index contributed by atoms with van der Waals surface area (Å²) in [6.07, 6.45) is 0. The van der Waals surface area contributed by atoms with Crippen LogP contribution in [0.1, 0.15) is 37.8 Å². The predicted octanol–water partition coefficient (Wildman–Crippen LogP) is 3.88. The molecule has 0 atom stereocenters. The average Bonchev–Trinajstić information content (AvgIpc) is 3.13. The van der Waals surface area contributed by atoms with Crippen LogP contribution >= 0.6 is 0 Å². The molecule has 0 fully saturated rings. The third kappa shape index (κ3) is 4.85. The van der Waals surface area contributed by atoms with Gasteiger partial charge in [-0.1, -0.05) is 36.4 Å². The molecular formula is C26H22FN3O4. The van der Waals surface area contributed by atoms with Gasteiger partial charge >= 0.3 is 5.97 Å². The van der Waals surface area contributed by atoms with E-state index in [1.807, 2.05) is 30.3 Å². The highest BCUT2D eigenvalue weighted by molar-refractivity contribution is 6.00. The highest BCUT2D eigenvalue weighted by Crippen LogP contribution is 2.22. The van der Waals surface area contributed by atoms with Crippen LogP contribution in [0, 0.1) is 19.7 Å². The van der Waals surface area contributed by atoms with Crippen molar-refractivity contribution in [3.63, 3.8) is 0 Å². The maximum atomic E-state index is 13.7. The minimum Gasteiger partial charge on any atom is -0.453 e. The highest BCUT2D eigenvalue weighted by atomic mass is 19.1. The number of ether oxygens (including phenoxy) is 1. The lowest BCUT2D eigenvalue weighted by Gasteiger charge is -2.10. The second kappa shape index (κ2) is 9.66. The third-order valence-corrected chi connectivity index (χ3v) is 5.38. The van der Waals surface area contributed by atoms with Crippen LogP contribution in [-0.2, 0) is 11.3 Å². The first kappa shape index (κ1) is 22.8. The van der Waals surface area contributed by atoms with E-state index in [1.165, 1.54) is 28.9 Å². The molecule has 0 aliphatic carbocycles. The molecule has 0 radical (unpaired) electrons. The molecule has 2 aromatic carbocycles. The van der Waals surface area contributed by atoms with Gasteiger partial charge in [0.1, 0.15) is 5.82 Å². The number of benzene rings is 2. The molecule has 0 bridgehead atoms. The number of hydrogen-bond donors (Lipinski definition) is 0. The molecule has 2 aromatic heterocycles. The molecular weight excluding hydrogens is 437 g/mol. The number of Topliss-reactive ketones (excluding diaryl/α,β-unsaturated/α-hetero) is 1. The number of rotatable bonds is 7. The maximum absolute atomic E-state index is 13.7. The van der Waals surface area contributed by atoms with E-state index >= 15 is 0 Å². The van der Waals surface area contributed by atoms with Crippen LogP contribution in [0.15, 0.2) is 77.6 Å². The molecule has 0 N–H and O–H groups in total. The van der Waals surface area contributed by atoms with Gasteiger partial charge in [-0.3, -0.25) is 9.59 Å². The Balaban J connectivity index is 1.48. The molecule has 0 saturated carbocycles. The monoisotopic (exact) mass is 459 g/mol. The van der Waals surface area contributed by atoms with Gasteiger partial charge in [0, 0.05) is 28.7 Å². The number of ketones is 1. The Bertz CT molecular complexity index is 1420. The van der Waals surface area contributed by atoms with E-state index in [0.29, 0.717) is 16.9 Å². The van der Waals surface area contributed by atoms with Crippen LogP contribution < -0.4 is 5.56 Å². The number of aryl methyl sites for hydroxylation is 1. The fourth-order valence-electron chi connectivity index (χ4n) is 3.77. The molecule has 0 aliphatic rings. The molecule has 7 nitrogen and oxygen atoms in total. The lowest BCUT2D eigenvalue weighted by atomic mass is 10.1. The molecule has 0 saturated heterocycles. The lowest BCUT2D eigenvalue weighted by molar-refractivity contribution is 0.0466. The Morgan fingerprint density at radius 1 is 0.971 bits per heavy atom. The predicted molar refractivity (Wildman–Crippen MR) is 124 cm³/mol. The van der Waals surface area contributed by atoms with Crippen molar-refractivity contribution in [2.45, 2.75) is 20.4 Å². The Morgan fingerprint density at radius 3 is 2.47 bits per heavy atom. The molecule has 4 aromatic rings. The third-order valence-electron chi connectivity index (χ3n) is 5.38. The summed E-state index contributed by atoms with van der Waals surface area (Å²) < 4.78 is 21.8. The van der Waals surface area contributed by atoms with E-state index in [1.54, 1.807) is 36.6 Å². The number of esters is 1. The zero-order valence-electron chi connectivity index (χ0n) is 18.7. The van der Waals surface area contributed by atoms with Crippen molar-refractivity contribution in [3.05, 3.63) is 117 Å². The van der Waals surface area contributed by atoms with Crippen molar-refractivity contribution in [1.82, 2.24) is 14.3 Å². The SMILES string of the molecule is Cc1cc(C(=O)COC(=O)c2ccc(=O)n(Cc3ccccc3)n2)c(C)n1-c1cccc(F)c1. The normalized spacial score (nSPS) is 10.8. The van der Waals surface area contributed by atoms with E-state index in [-0.39, 0.29) is 23.6 Å². The molecule has 8 heteroatoms. The molecule has 172 valence electrons. The van der Waals surface area contributed by atoms with Gasteiger partial charge < -0.3 is 9.30 Å². The van der Waals surface area contributed by atoms with Gasteiger partial charge in [0.2, 0.25) is 5.78 Å². The molecule has 0 aliphatic heterocycles. The molecule has 2 heterocycles. The summed E-state index contributed by atoms with van der Waals surface area (Å²) >= 11 is 0. The molecule has 0 spiro atoms. The molecule has 34 heavy (non-hydrogen) atoms. The van der Waals surface area contributed by atoms with Crippen LogP contribution in [0.2, 0.25) is 0 Å². The summed E-state index contributed by atoms with van der Waals surface area (Å²) in [5.74, 6) is -1.59. The fourth-order valence-corrected chi connectivity index (χ4v) is 3.77. The number of carbonyl (C=O) groups excluding carboxylic acids is 2. The van der Waals surface area contributed by atoms with Gasteiger partial charge in [0.25, 0.3) is 5.56 Å². The number of carbonyl (C=O) groups is 2. The van der Waals surface area contributed by atoms with Gasteiger partial charge in [0.05, 0.1) is 6.54 Å². The van der Waals surface area contributed by atoms with Crippen LogP contribution in [0.3, 0.4) is 0 Å².